The minimum atomic E-state index is -5.35. The number of aromatic carboxylic acids is 4. The van der Waals surface area contributed by atoms with E-state index in [0.717, 1.165) is 6.07 Å². The lowest BCUT2D eigenvalue weighted by molar-refractivity contribution is 0.0635. The Morgan fingerprint density at radius 1 is 0.525 bits per heavy atom. The van der Waals surface area contributed by atoms with E-state index >= 15 is 0 Å². The van der Waals surface area contributed by atoms with Gasteiger partial charge in [0, 0.05) is 26.9 Å². The van der Waals surface area contributed by atoms with Crippen molar-refractivity contribution in [1.82, 2.24) is 0 Å². The molecule has 0 spiro atoms. The number of benzene rings is 5. The largest absolute Gasteiger partial charge is 0.478 e. The molecule has 5 aromatic rings. The number of rotatable bonds is 6. The average molecular weight is 588 g/mol. The highest BCUT2D eigenvalue weighted by molar-refractivity contribution is 7.86. The van der Waals surface area contributed by atoms with Crippen LogP contribution in [0.25, 0.3) is 43.1 Å². The van der Waals surface area contributed by atoms with Crippen LogP contribution in [0.15, 0.2) is 46.2 Å². The second-order valence-electron chi connectivity index (χ2n) is 8.56. The summed E-state index contributed by atoms with van der Waals surface area (Å²) in [6.45, 7) is 0. The maximum absolute atomic E-state index is 12.6. The Kier molecular flexibility index (Phi) is 5.54. The zero-order valence-electron chi connectivity index (χ0n) is 19.2. The van der Waals surface area contributed by atoms with Gasteiger partial charge in [-0.2, -0.15) is 16.8 Å². The Balaban J connectivity index is 2.49. The highest BCUT2D eigenvalue weighted by Gasteiger charge is 2.37. The smallest absolute Gasteiger partial charge is 0.337 e. The van der Waals surface area contributed by atoms with E-state index in [-0.39, 0.29) is 16.2 Å². The number of carboxylic acid groups (broad SMARTS) is 4. The van der Waals surface area contributed by atoms with Gasteiger partial charge in [-0.05, 0) is 28.3 Å². The van der Waals surface area contributed by atoms with E-state index in [1.807, 2.05) is 0 Å². The van der Waals surface area contributed by atoms with E-state index in [4.69, 9.17) is 0 Å². The molecule has 0 aliphatic heterocycles. The van der Waals surface area contributed by atoms with Crippen LogP contribution in [0.2, 0.25) is 0 Å². The Labute approximate surface area is 221 Å². The third kappa shape index (κ3) is 3.54. The molecule has 40 heavy (non-hydrogen) atoms. The van der Waals surface area contributed by atoms with Crippen molar-refractivity contribution in [3.05, 3.63) is 58.7 Å². The van der Waals surface area contributed by atoms with Crippen molar-refractivity contribution in [2.45, 2.75) is 9.79 Å². The van der Waals surface area contributed by atoms with Crippen LogP contribution in [-0.4, -0.2) is 70.2 Å². The van der Waals surface area contributed by atoms with Crippen molar-refractivity contribution in [3.8, 4) is 0 Å². The van der Waals surface area contributed by atoms with E-state index in [0.29, 0.717) is 6.07 Å². The van der Waals surface area contributed by atoms with Gasteiger partial charge in [-0.1, -0.05) is 24.3 Å². The second kappa shape index (κ2) is 8.30. The first-order valence-corrected chi connectivity index (χ1v) is 13.5. The number of fused-ring (bicyclic) bond motifs is 2. The number of hydrogen-bond donors (Lipinski definition) is 6. The van der Waals surface area contributed by atoms with Crippen LogP contribution in [0.4, 0.5) is 0 Å². The Morgan fingerprint density at radius 3 is 1.57 bits per heavy atom. The average Bonchev–Trinajstić information content (AvgIpc) is 2.83. The number of hydrogen-bond acceptors (Lipinski definition) is 8. The summed E-state index contributed by atoms with van der Waals surface area (Å²) in [6, 6.07) is 6.38. The molecule has 0 unspecified atom stereocenters. The van der Waals surface area contributed by atoms with E-state index in [9.17, 15) is 65.5 Å². The van der Waals surface area contributed by atoms with Gasteiger partial charge in [0.1, 0.15) is 9.79 Å². The molecule has 0 fully saturated rings. The van der Waals surface area contributed by atoms with Gasteiger partial charge in [0.05, 0.1) is 22.3 Å². The normalized spacial score (nSPS) is 12.4. The standard InChI is InChI=1S/C24H12O14S2/c25-21(26)9-6-11(40(36,37)38)13-8-3-1-2-7-4-5-10(39(33,34)35)15(12(7)8)17-16(13)14(9)18(22(27)28)20(24(31)32)19(17)23(29)30/h1-6H,(H,25,26)(H,27,28)(H,29,30)(H,31,32)(H,33,34,35)(H,36,37,38). The van der Waals surface area contributed by atoms with Crippen molar-refractivity contribution in [2.24, 2.45) is 0 Å². The summed E-state index contributed by atoms with van der Waals surface area (Å²) in [7, 11) is -10.6. The SMILES string of the molecule is O=C(O)c1c(C(=O)O)c2c(C(=O)O)cc(S(=O)(=O)O)c3c4cccc5ccc(S(=O)(=O)O)c(c(c1C(=O)O)c23)c54. The van der Waals surface area contributed by atoms with Crippen LogP contribution < -0.4 is 0 Å². The lowest BCUT2D eigenvalue weighted by Gasteiger charge is -2.22. The molecular weight excluding hydrogens is 576 g/mol. The fourth-order valence-corrected chi connectivity index (χ4v) is 6.67. The van der Waals surface area contributed by atoms with Gasteiger partial charge in [0.15, 0.2) is 0 Å². The molecule has 5 rings (SSSR count). The molecule has 0 amide bonds. The molecule has 204 valence electrons. The summed E-state index contributed by atoms with van der Waals surface area (Å²) in [5.41, 5.74) is -5.25. The van der Waals surface area contributed by atoms with Gasteiger partial charge in [0.2, 0.25) is 0 Å². The van der Waals surface area contributed by atoms with Gasteiger partial charge >= 0.3 is 23.9 Å². The third-order valence-electron chi connectivity index (χ3n) is 6.50. The molecule has 5 aromatic carbocycles. The summed E-state index contributed by atoms with van der Waals surface area (Å²) in [4.78, 5) is 47.6. The summed E-state index contributed by atoms with van der Waals surface area (Å²) in [5.74, 6) is -8.35. The first-order valence-electron chi connectivity index (χ1n) is 10.6. The fourth-order valence-electron chi connectivity index (χ4n) is 5.23. The summed E-state index contributed by atoms with van der Waals surface area (Å²) in [5, 5.41) is 35.9. The Bertz CT molecular complexity index is 2270. The van der Waals surface area contributed by atoms with Crippen molar-refractivity contribution in [1.29, 1.82) is 0 Å². The van der Waals surface area contributed by atoms with Crippen molar-refractivity contribution in [3.63, 3.8) is 0 Å². The molecular formula is C24H12O14S2. The van der Waals surface area contributed by atoms with Crippen LogP contribution in [0.3, 0.4) is 0 Å². The molecule has 0 radical (unpaired) electrons. The van der Waals surface area contributed by atoms with Crippen molar-refractivity contribution >= 4 is 87.2 Å². The summed E-state index contributed by atoms with van der Waals surface area (Å²) in [6.07, 6.45) is 0. The second-order valence-corrected chi connectivity index (χ2v) is 11.3. The topological polar surface area (TPSA) is 258 Å². The number of carbonyl (C=O) groups is 4. The first kappa shape index (κ1) is 26.7. The molecule has 0 saturated heterocycles. The van der Waals surface area contributed by atoms with Crippen molar-refractivity contribution < 1.29 is 65.5 Å². The first-order chi connectivity index (χ1) is 18.5. The zero-order chi connectivity index (χ0) is 29.6. The Morgan fingerprint density at radius 2 is 1.07 bits per heavy atom. The molecule has 0 heterocycles. The van der Waals surface area contributed by atoms with Gasteiger partial charge in [-0.15, -0.1) is 0 Å². The van der Waals surface area contributed by atoms with Crippen LogP contribution in [0, 0.1) is 0 Å². The molecule has 0 aliphatic carbocycles. The minimum absolute atomic E-state index is 0.137. The molecule has 14 nitrogen and oxygen atoms in total. The van der Waals surface area contributed by atoms with E-state index in [1.54, 1.807) is 0 Å². The third-order valence-corrected chi connectivity index (χ3v) is 8.27. The van der Waals surface area contributed by atoms with Crippen LogP contribution >= 0.6 is 0 Å². The molecule has 16 heteroatoms. The zero-order valence-corrected chi connectivity index (χ0v) is 20.9. The monoisotopic (exact) mass is 588 g/mol. The molecule has 0 aromatic heterocycles. The maximum Gasteiger partial charge on any atom is 0.337 e. The fraction of sp³-hybridized carbons (Fsp3) is 0. The lowest BCUT2D eigenvalue weighted by atomic mass is 9.81. The van der Waals surface area contributed by atoms with Crippen LogP contribution in [-0.2, 0) is 20.2 Å². The lowest BCUT2D eigenvalue weighted by Crippen LogP contribution is -2.19. The maximum atomic E-state index is 12.6. The van der Waals surface area contributed by atoms with E-state index < -0.39 is 103 Å². The highest BCUT2D eigenvalue weighted by atomic mass is 32.2. The quantitative estimate of drug-likeness (QED) is 0.0946. The number of carboxylic acids is 4. The summed E-state index contributed by atoms with van der Waals surface area (Å²) >= 11 is 0. The van der Waals surface area contributed by atoms with Crippen LogP contribution in [0.1, 0.15) is 41.4 Å². The molecule has 6 N–H and O–H groups in total. The molecule has 0 bridgehead atoms. The van der Waals surface area contributed by atoms with Crippen LogP contribution in [0.5, 0.6) is 0 Å². The predicted molar refractivity (Wildman–Crippen MR) is 135 cm³/mol. The molecule has 0 aliphatic rings. The van der Waals surface area contributed by atoms with Gasteiger partial charge < -0.3 is 20.4 Å². The van der Waals surface area contributed by atoms with Crippen molar-refractivity contribution in [2.75, 3.05) is 0 Å². The van der Waals surface area contributed by atoms with Gasteiger partial charge in [-0.3, -0.25) is 9.11 Å². The highest BCUT2D eigenvalue weighted by Crippen LogP contribution is 2.49. The van der Waals surface area contributed by atoms with E-state index in [1.165, 1.54) is 24.3 Å². The predicted octanol–water partition coefficient (Wildman–Crippen LogP) is 3.02. The summed E-state index contributed by atoms with van der Waals surface area (Å²) < 4.78 is 70.1. The molecule has 0 saturated carbocycles. The molecule has 0 atom stereocenters. The van der Waals surface area contributed by atoms with E-state index in [2.05, 4.69) is 0 Å². The van der Waals surface area contributed by atoms with Gasteiger partial charge in [-0.25, -0.2) is 19.2 Å². The van der Waals surface area contributed by atoms with Gasteiger partial charge in [0.25, 0.3) is 20.2 Å². The minimum Gasteiger partial charge on any atom is -0.478 e. The Hall–Kier alpha value is -4.90.